The number of hydrogen-bond donors (Lipinski definition) is 2. The highest BCUT2D eigenvalue weighted by Gasteiger charge is 2.26. The van der Waals surface area contributed by atoms with E-state index in [-0.39, 0.29) is 18.6 Å². The highest BCUT2D eigenvalue weighted by molar-refractivity contribution is 7.47. The molecule has 262 valence electrons. The fourth-order valence-electron chi connectivity index (χ4n) is 4.55. The zero-order valence-corrected chi connectivity index (χ0v) is 31.2. The molecular weight excluding hydrogens is 613 g/mol. The minimum absolute atomic E-state index is 0.0210. The van der Waals surface area contributed by atoms with Crippen LogP contribution in [0.4, 0.5) is 0 Å². The van der Waals surface area contributed by atoms with Gasteiger partial charge in [0.1, 0.15) is 25.9 Å². The van der Waals surface area contributed by atoms with Crippen LogP contribution in [-0.2, 0) is 23.1 Å². The number of quaternary nitrogens is 1. The zero-order chi connectivity index (χ0) is 35.7. The summed E-state index contributed by atoms with van der Waals surface area (Å²) in [6.45, 7) is 14.3. The molecule has 1 aliphatic rings. The third-order valence-corrected chi connectivity index (χ3v) is 8.47. The van der Waals surface area contributed by atoms with Gasteiger partial charge >= 0.3 is 13.8 Å². The van der Waals surface area contributed by atoms with E-state index in [1.807, 2.05) is 58.4 Å². The number of hydrogen-bond acceptors (Lipinski definition) is 6. The standard InChI is InChI=1S/C38H58NO7P/c1-30(18-13-19-32(3)23-24-36-33(4)22-15-25-38(36,6)7)16-11-12-17-31(2)20-14-21-34(5)37(41)44-28-35(40)29-46-47(42,43)45-27-26-39(8,9)10/h11-14,16-21,23-24,35,40H,15,22,25-29H2,1-10H3/p+1/b12-11+,18-13+,20-14+,24-23+,30-16+,31-17+,32-19+,34-21+. The van der Waals surface area contributed by atoms with E-state index in [9.17, 15) is 19.4 Å². The lowest BCUT2D eigenvalue weighted by atomic mass is 9.72. The molecule has 0 saturated heterocycles. The number of phosphoric ester groups is 1. The van der Waals surface area contributed by atoms with Crippen molar-refractivity contribution in [2.45, 2.75) is 73.8 Å². The van der Waals surface area contributed by atoms with Gasteiger partial charge in [0.15, 0.2) is 0 Å². The molecular formula is C38H59NO7P+. The SMILES string of the molecule is CC1=C(/C=C/C(C)=C/C=C/C(C)=C/C=C/C=C(C)/C=C/C=C(\C)C(=O)OCC(O)COP(=O)(O)OCC[N+](C)(C)C)C(C)(C)CCC1. The Kier molecular flexibility index (Phi) is 18.4. The maximum absolute atomic E-state index is 12.2. The van der Waals surface area contributed by atoms with Crippen LogP contribution in [0.1, 0.15) is 67.7 Å². The number of nitrogens with zero attached hydrogens (tertiary/aromatic N) is 1. The highest BCUT2D eigenvalue weighted by Crippen LogP contribution is 2.43. The first kappa shape index (κ1) is 42.2. The molecule has 8 nitrogen and oxygen atoms in total. The number of ether oxygens (including phenoxy) is 1. The van der Waals surface area contributed by atoms with E-state index in [1.165, 1.54) is 36.0 Å². The summed E-state index contributed by atoms with van der Waals surface area (Å²) in [4.78, 5) is 21.9. The van der Waals surface area contributed by atoms with Crippen molar-refractivity contribution in [2.75, 3.05) is 47.5 Å². The number of aliphatic hydroxyl groups excluding tert-OH is 1. The van der Waals surface area contributed by atoms with E-state index < -0.39 is 26.5 Å². The normalized spacial score (nSPS) is 19.4. The van der Waals surface area contributed by atoms with Gasteiger partial charge in [-0.3, -0.25) is 9.05 Å². The highest BCUT2D eigenvalue weighted by atomic mass is 31.2. The summed E-state index contributed by atoms with van der Waals surface area (Å²) in [6, 6.07) is 0. The van der Waals surface area contributed by atoms with Gasteiger partial charge < -0.3 is 19.2 Å². The molecule has 2 atom stereocenters. The molecule has 0 saturated carbocycles. The summed E-state index contributed by atoms with van der Waals surface area (Å²) in [5.41, 5.74) is 6.89. The molecule has 0 heterocycles. The average molecular weight is 673 g/mol. The first-order valence-electron chi connectivity index (χ1n) is 16.2. The summed E-state index contributed by atoms with van der Waals surface area (Å²) in [5, 5.41) is 9.98. The van der Waals surface area contributed by atoms with Crippen molar-refractivity contribution in [1.82, 2.24) is 0 Å². The first-order valence-corrected chi connectivity index (χ1v) is 17.7. The Morgan fingerprint density at radius 1 is 0.894 bits per heavy atom. The Bertz CT molecular complexity index is 1360. The van der Waals surface area contributed by atoms with Crippen molar-refractivity contribution >= 4 is 13.8 Å². The van der Waals surface area contributed by atoms with E-state index in [4.69, 9.17) is 13.8 Å². The van der Waals surface area contributed by atoms with Gasteiger partial charge in [-0.1, -0.05) is 109 Å². The summed E-state index contributed by atoms with van der Waals surface area (Å²) in [7, 11) is 1.45. The van der Waals surface area contributed by atoms with Gasteiger partial charge in [0, 0.05) is 5.57 Å². The van der Waals surface area contributed by atoms with Gasteiger partial charge in [-0.25, -0.2) is 9.36 Å². The molecule has 2 unspecified atom stereocenters. The summed E-state index contributed by atoms with van der Waals surface area (Å²) in [6.07, 6.45) is 26.4. The van der Waals surface area contributed by atoms with Crippen molar-refractivity contribution in [2.24, 2.45) is 5.41 Å². The third-order valence-electron chi connectivity index (χ3n) is 7.48. The second kappa shape index (κ2) is 20.5. The molecule has 0 fully saturated rings. The summed E-state index contributed by atoms with van der Waals surface area (Å²) < 4.78 is 27.2. The first-order chi connectivity index (χ1) is 21.8. The number of carbonyl (C=O) groups excluding carboxylic acids is 1. The largest absolute Gasteiger partial charge is 0.472 e. The van der Waals surface area contributed by atoms with Crippen LogP contribution in [0.2, 0.25) is 0 Å². The van der Waals surface area contributed by atoms with Crippen LogP contribution in [0.25, 0.3) is 0 Å². The van der Waals surface area contributed by atoms with E-state index >= 15 is 0 Å². The molecule has 0 aromatic rings. The maximum Gasteiger partial charge on any atom is 0.472 e. The minimum atomic E-state index is -4.31. The fraction of sp³-hybridized carbons (Fsp3) is 0.500. The summed E-state index contributed by atoms with van der Waals surface area (Å²) >= 11 is 0. The third kappa shape index (κ3) is 19.5. The minimum Gasteiger partial charge on any atom is -0.459 e. The number of likely N-dealkylation sites (N-methyl/N-ethyl adjacent to an activating group) is 1. The lowest BCUT2D eigenvalue weighted by Gasteiger charge is -2.32. The lowest BCUT2D eigenvalue weighted by molar-refractivity contribution is -0.870. The number of aliphatic hydroxyl groups is 1. The molecule has 0 aliphatic heterocycles. The molecule has 9 heteroatoms. The number of esters is 1. The van der Waals surface area contributed by atoms with Crippen LogP contribution in [0, 0.1) is 5.41 Å². The quantitative estimate of drug-likeness (QED) is 0.0497. The fourth-order valence-corrected chi connectivity index (χ4v) is 5.30. The zero-order valence-electron chi connectivity index (χ0n) is 30.3. The van der Waals surface area contributed by atoms with E-state index in [2.05, 4.69) is 65.0 Å². The molecule has 0 aromatic carbocycles. The van der Waals surface area contributed by atoms with Crippen molar-refractivity contribution in [3.05, 3.63) is 106 Å². The second-order valence-electron chi connectivity index (χ2n) is 13.8. The van der Waals surface area contributed by atoms with Crippen LogP contribution < -0.4 is 0 Å². The molecule has 2 N–H and O–H groups in total. The van der Waals surface area contributed by atoms with Gasteiger partial charge in [0.05, 0.1) is 27.7 Å². The number of carbonyl (C=O) groups is 1. The van der Waals surface area contributed by atoms with E-state index in [0.717, 1.165) is 11.1 Å². The molecule has 1 rings (SSSR count). The van der Waals surface area contributed by atoms with Crippen LogP contribution in [0.5, 0.6) is 0 Å². The Morgan fingerprint density at radius 2 is 1.45 bits per heavy atom. The van der Waals surface area contributed by atoms with Gasteiger partial charge in [-0.05, 0) is 64.9 Å². The van der Waals surface area contributed by atoms with Crippen LogP contribution in [-0.4, -0.2) is 74.1 Å². The van der Waals surface area contributed by atoms with E-state index in [0.29, 0.717) is 16.6 Å². The second-order valence-corrected chi connectivity index (χ2v) is 15.3. The predicted octanol–water partition coefficient (Wildman–Crippen LogP) is 8.27. The lowest BCUT2D eigenvalue weighted by Crippen LogP contribution is -2.37. The number of allylic oxidation sites excluding steroid dienone is 17. The molecule has 47 heavy (non-hydrogen) atoms. The number of rotatable bonds is 18. The van der Waals surface area contributed by atoms with Crippen molar-refractivity contribution < 1.29 is 37.6 Å². The topological polar surface area (TPSA) is 102 Å². The molecule has 0 amide bonds. The average Bonchev–Trinajstić information content (AvgIpc) is 2.95. The Balaban J connectivity index is 2.51. The molecule has 0 bridgehead atoms. The molecule has 0 spiro atoms. The van der Waals surface area contributed by atoms with Crippen LogP contribution >= 0.6 is 7.82 Å². The smallest absolute Gasteiger partial charge is 0.459 e. The van der Waals surface area contributed by atoms with Crippen molar-refractivity contribution in [3.63, 3.8) is 0 Å². The van der Waals surface area contributed by atoms with Gasteiger partial charge in [-0.2, -0.15) is 0 Å². The van der Waals surface area contributed by atoms with Crippen molar-refractivity contribution in [1.29, 1.82) is 0 Å². The molecule has 1 aliphatic carbocycles. The van der Waals surface area contributed by atoms with Crippen LogP contribution in [0.3, 0.4) is 0 Å². The monoisotopic (exact) mass is 672 g/mol. The Labute approximate surface area is 284 Å². The van der Waals surface area contributed by atoms with Crippen molar-refractivity contribution in [3.8, 4) is 0 Å². The van der Waals surface area contributed by atoms with Crippen LogP contribution in [0.15, 0.2) is 106 Å². The van der Waals surface area contributed by atoms with Gasteiger partial charge in [-0.15, -0.1) is 0 Å². The van der Waals surface area contributed by atoms with E-state index in [1.54, 1.807) is 19.1 Å². The maximum atomic E-state index is 12.2. The molecule has 0 aromatic heterocycles. The Morgan fingerprint density at radius 3 is 2.02 bits per heavy atom. The molecule has 0 radical (unpaired) electrons. The van der Waals surface area contributed by atoms with Gasteiger partial charge in [0.2, 0.25) is 0 Å². The summed E-state index contributed by atoms with van der Waals surface area (Å²) in [5.74, 6) is -0.614. The number of phosphoric acid groups is 1. The Hall–Kier alpha value is -2.84. The van der Waals surface area contributed by atoms with Gasteiger partial charge in [0.25, 0.3) is 0 Å². The predicted molar refractivity (Wildman–Crippen MR) is 194 cm³/mol.